The van der Waals surface area contributed by atoms with E-state index in [-0.39, 0.29) is 24.2 Å². The summed E-state index contributed by atoms with van der Waals surface area (Å²) in [5.41, 5.74) is 1.01. The largest absolute Gasteiger partial charge is 0.493 e. The number of hydrogen-bond donors (Lipinski definition) is 2. The molecule has 1 amide bonds. The maximum absolute atomic E-state index is 12.1. The van der Waals surface area contributed by atoms with E-state index in [1.54, 1.807) is 7.11 Å². The average Bonchev–Trinajstić information content (AvgIpc) is 2.43. The van der Waals surface area contributed by atoms with Gasteiger partial charge in [0.1, 0.15) is 0 Å². The third-order valence-corrected chi connectivity index (χ3v) is 3.93. The van der Waals surface area contributed by atoms with Gasteiger partial charge in [0.15, 0.2) is 11.5 Å². The fraction of sp³-hybridized carbons (Fsp3) is 0.562. The molecule has 1 heterocycles. The summed E-state index contributed by atoms with van der Waals surface area (Å²) in [4.78, 5) is 12.1. The van der Waals surface area contributed by atoms with E-state index in [0.29, 0.717) is 30.6 Å². The topological polar surface area (TPSA) is 59.6 Å². The number of benzene rings is 1. The molecule has 5 nitrogen and oxygen atoms in total. The number of halogens is 1. The Labute approximate surface area is 138 Å². The van der Waals surface area contributed by atoms with Gasteiger partial charge in [-0.15, -0.1) is 12.4 Å². The predicted octanol–water partition coefficient (Wildman–Crippen LogP) is 1.99. The Hall–Kier alpha value is -1.46. The van der Waals surface area contributed by atoms with Crippen LogP contribution in [-0.2, 0) is 11.3 Å². The molecule has 0 radical (unpaired) electrons. The molecule has 2 rings (SSSR count). The minimum absolute atomic E-state index is 0. The highest BCUT2D eigenvalue weighted by atomic mass is 35.5. The Morgan fingerprint density at radius 1 is 1.41 bits per heavy atom. The van der Waals surface area contributed by atoms with E-state index in [2.05, 4.69) is 10.6 Å². The van der Waals surface area contributed by atoms with Gasteiger partial charge in [-0.3, -0.25) is 4.79 Å². The SMILES string of the molecule is CCOc1cc(CNC(=O)C(C)C2CNC2)ccc1OC.Cl. The van der Waals surface area contributed by atoms with Crippen molar-refractivity contribution in [3.8, 4) is 11.5 Å². The quantitative estimate of drug-likeness (QED) is 0.803. The Morgan fingerprint density at radius 2 is 2.14 bits per heavy atom. The van der Waals surface area contributed by atoms with Gasteiger partial charge in [-0.2, -0.15) is 0 Å². The first-order valence-electron chi connectivity index (χ1n) is 7.43. The summed E-state index contributed by atoms with van der Waals surface area (Å²) in [7, 11) is 1.62. The molecular formula is C16H25ClN2O3. The number of hydrogen-bond acceptors (Lipinski definition) is 4. The van der Waals surface area contributed by atoms with E-state index in [1.807, 2.05) is 32.0 Å². The average molecular weight is 329 g/mol. The molecule has 124 valence electrons. The lowest BCUT2D eigenvalue weighted by Gasteiger charge is -2.31. The lowest BCUT2D eigenvalue weighted by Crippen LogP contribution is -2.49. The molecule has 1 aliphatic heterocycles. The third kappa shape index (κ3) is 4.52. The molecule has 1 unspecified atom stereocenters. The molecule has 2 N–H and O–H groups in total. The molecule has 22 heavy (non-hydrogen) atoms. The van der Waals surface area contributed by atoms with Gasteiger partial charge in [-0.1, -0.05) is 13.0 Å². The number of rotatable bonds is 7. The number of carbonyl (C=O) groups excluding carboxylic acids is 1. The molecule has 0 spiro atoms. The normalized spacial score (nSPS) is 15.2. The van der Waals surface area contributed by atoms with Crippen molar-refractivity contribution in [2.24, 2.45) is 11.8 Å². The Kier molecular flexibility index (Phi) is 7.48. The van der Waals surface area contributed by atoms with Gasteiger partial charge in [0.05, 0.1) is 13.7 Å². The zero-order valence-electron chi connectivity index (χ0n) is 13.3. The van der Waals surface area contributed by atoms with E-state index < -0.39 is 0 Å². The van der Waals surface area contributed by atoms with Crippen molar-refractivity contribution in [1.82, 2.24) is 10.6 Å². The molecule has 1 aromatic rings. The summed E-state index contributed by atoms with van der Waals surface area (Å²) in [6.07, 6.45) is 0. The summed E-state index contributed by atoms with van der Waals surface area (Å²) >= 11 is 0. The molecule has 1 atom stereocenters. The van der Waals surface area contributed by atoms with Crippen LogP contribution in [0.25, 0.3) is 0 Å². The van der Waals surface area contributed by atoms with Crippen molar-refractivity contribution >= 4 is 18.3 Å². The fourth-order valence-electron chi connectivity index (χ4n) is 2.33. The van der Waals surface area contributed by atoms with Crippen LogP contribution in [0.3, 0.4) is 0 Å². The van der Waals surface area contributed by atoms with Crippen molar-refractivity contribution < 1.29 is 14.3 Å². The maximum Gasteiger partial charge on any atom is 0.223 e. The van der Waals surface area contributed by atoms with Gasteiger partial charge in [-0.25, -0.2) is 0 Å². The highest BCUT2D eigenvalue weighted by Gasteiger charge is 2.28. The van der Waals surface area contributed by atoms with Crippen molar-refractivity contribution in [1.29, 1.82) is 0 Å². The molecule has 1 saturated heterocycles. The molecule has 0 saturated carbocycles. The van der Waals surface area contributed by atoms with Crippen molar-refractivity contribution in [3.05, 3.63) is 23.8 Å². The predicted molar refractivity (Wildman–Crippen MR) is 88.8 cm³/mol. The van der Waals surface area contributed by atoms with Crippen LogP contribution in [0, 0.1) is 11.8 Å². The molecule has 1 fully saturated rings. The second-order valence-corrected chi connectivity index (χ2v) is 5.34. The molecule has 0 bridgehead atoms. The van der Waals surface area contributed by atoms with Crippen LogP contribution in [0.1, 0.15) is 19.4 Å². The number of ether oxygens (including phenoxy) is 2. The van der Waals surface area contributed by atoms with Crippen molar-refractivity contribution in [3.63, 3.8) is 0 Å². The molecule has 0 aliphatic carbocycles. The van der Waals surface area contributed by atoms with Gasteiger partial charge in [0, 0.05) is 12.5 Å². The zero-order chi connectivity index (χ0) is 15.2. The van der Waals surface area contributed by atoms with Gasteiger partial charge in [0.25, 0.3) is 0 Å². The van der Waals surface area contributed by atoms with Gasteiger partial charge in [-0.05, 0) is 43.6 Å². The summed E-state index contributed by atoms with van der Waals surface area (Å²) in [5, 5.41) is 6.19. The highest BCUT2D eigenvalue weighted by molar-refractivity contribution is 5.85. The maximum atomic E-state index is 12.1. The smallest absolute Gasteiger partial charge is 0.223 e. The summed E-state index contributed by atoms with van der Waals surface area (Å²) in [6.45, 7) is 6.88. The van der Waals surface area contributed by atoms with E-state index in [4.69, 9.17) is 9.47 Å². The monoisotopic (exact) mass is 328 g/mol. The van der Waals surface area contributed by atoms with Crippen LogP contribution in [0.4, 0.5) is 0 Å². The van der Waals surface area contributed by atoms with Gasteiger partial charge in [0.2, 0.25) is 5.91 Å². The van der Waals surface area contributed by atoms with E-state index in [9.17, 15) is 4.79 Å². The minimum atomic E-state index is 0. The fourth-order valence-corrected chi connectivity index (χ4v) is 2.33. The van der Waals surface area contributed by atoms with Crippen molar-refractivity contribution in [2.45, 2.75) is 20.4 Å². The van der Waals surface area contributed by atoms with Gasteiger partial charge >= 0.3 is 0 Å². The first-order valence-corrected chi connectivity index (χ1v) is 7.43. The first kappa shape index (κ1) is 18.6. The summed E-state index contributed by atoms with van der Waals surface area (Å²) < 4.78 is 10.8. The van der Waals surface area contributed by atoms with Crippen LogP contribution in [-0.4, -0.2) is 32.7 Å². The molecule has 0 aromatic heterocycles. The first-order chi connectivity index (χ1) is 10.2. The second-order valence-electron chi connectivity index (χ2n) is 5.34. The minimum Gasteiger partial charge on any atom is -0.493 e. The number of amides is 1. The Balaban J connectivity index is 0.00000242. The summed E-state index contributed by atoms with van der Waals surface area (Å²) in [5.74, 6) is 2.04. The Bertz CT molecular complexity index is 492. The lowest BCUT2D eigenvalue weighted by atomic mass is 9.88. The van der Waals surface area contributed by atoms with Gasteiger partial charge < -0.3 is 20.1 Å². The third-order valence-electron chi connectivity index (χ3n) is 3.93. The summed E-state index contributed by atoms with van der Waals surface area (Å²) in [6, 6.07) is 5.72. The molecule has 1 aliphatic rings. The molecule has 1 aromatic carbocycles. The lowest BCUT2D eigenvalue weighted by molar-refractivity contribution is -0.126. The number of carbonyl (C=O) groups is 1. The van der Waals surface area contributed by atoms with Crippen LogP contribution in [0.2, 0.25) is 0 Å². The van der Waals surface area contributed by atoms with Crippen LogP contribution in [0.5, 0.6) is 11.5 Å². The molecule has 6 heteroatoms. The van der Waals surface area contributed by atoms with Crippen LogP contribution < -0.4 is 20.1 Å². The highest BCUT2D eigenvalue weighted by Crippen LogP contribution is 2.28. The number of nitrogens with one attached hydrogen (secondary N) is 2. The van der Waals surface area contributed by atoms with Crippen LogP contribution in [0.15, 0.2) is 18.2 Å². The van der Waals surface area contributed by atoms with E-state index >= 15 is 0 Å². The van der Waals surface area contributed by atoms with E-state index in [1.165, 1.54) is 0 Å². The number of methoxy groups -OCH3 is 1. The Morgan fingerprint density at radius 3 is 2.68 bits per heavy atom. The standard InChI is InChI=1S/C16H24N2O3.ClH/c1-4-21-15-7-12(5-6-14(15)20-3)8-18-16(19)11(2)13-9-17-10-13;/h5-7,11,13,17H,4,8-10H2,1-3H3,(H,18,19);1H. The second kappa shape index (κ2) is 8.86. The molecular weight excluding hydrogens is 304 g/mol. The van der Waals surface area contributed by atoms with E-state index in [0.717, 1.165) is 18.7 Å². The zero-order valence-corrected chi connectivity index (χ0v) is 14.2. The van der Waals surface area contributed by atoms with Crippen LogP contribution >= 0.6 is 12.4 Å². The van der Waals surface area contributed by atoms with Crippen molar-refractivity contribution in [2.75, 3.05) is 26.8 Å².